The van der Waals surface area contributed by atoms with Crippen molar-refractivity contribution in [2.24, 2.45) is 0 Å². The van der Waals surface area contributed by atoms with Crippen molar-refractivity contribution in [3.8, 4) is 0 Å². The van der Waals surface area contributed by atoms with E-state index in [0.717, 1.165) is 12.8 Å². The fourth-order valence-corrected chi connectivity index (χ4v) is 4.56. The molecule has 0 atom stereocenters. The van der Waals surface area contributed by atoms with Crippen LogP contribution in [0.3, 0.4) is 0 Å². The Hall–Kier alpha value is -1.25. The molecule has 2 rings (SSSR count). The van der Waals surface area contributed by atoms with Gasteiger partial charge in [-0.05, 0) is 0 Å². The van der Waals surface area contributed by atoms with Crippen molar-refractivity contribution < 1.29 is 14.3 Å². The predicted molar refractivity (Wildman–Crippen MR) is 84.4 cm³/mol. The van der Waals surface area contributed by atoms with Crippen molar-refractivity contribution in [1.29, 1.82) is 0 Å². The van der Waals surface area contributed by atoms with Gasteiger partial charge in [0.1, 0.15) is 0 Å². The van der Waals surface area contributed by atoms with Gasteiger partial charge in [-0.2, -0.15) is 0 Å². The fourth-order valence-electron chi connectivity index (χ4n) is 2.07. The Balaban J connectivity index is 2.48. The van der Waals surface area contributed by atoms with Crippen LogP contribution >= 0.6 is 7.28 Å². The Morgan fingerprint density at radius 3 is 1.70 bits per heavy atom. The molecule has 2 aromatic rings. The summed E-state index contributed by atoms with van der Waals surface area (Å²) in [7, 11) is -4.53. The van der Waals surface area contributed by atoms with Crippen molar-refractivity contribution in [2.75, 3.05) is 6.61 Å². The Bertz CT molecular complexity index is 497. The van der Waals surface area contributed by atoms with Gasteiger partial charge in [-0.25, -0.2) is 0 Å². The van der Waals surface area contributed by atoms with Crippen LogP contribution in [0.4, 0.5) is 0 Å². The summed E-state index contributed by atoms with van der Waals surface area (Å²) in [5, 5.41) is 0.863. The van der Waals surface area contributed by atoms with Crippen LogP contribution in [0.25, 0.3) is 0 Å². The third-order valence-electron chi connectivity index (χ3n) is 3.28. The van der Waals surface area contributed by atoms with Crippen LogP contribution in [0, 0.1) is 0 Å². The number of unbranched alkanes of at least 4 members (excludes halogenated alkanes) is 1. The van der Waals surface area contributed by atoms with Crippen LogP contribution in [-0.4, -0.2) is 16.4 Å². The Morgan fingerprint density at radius 2 is 1.30 bits per heavy atom. The summed E-state index contributed by atoms with van der Waals surface area (Å²) in [5.41, 5.74) is 0. The molecule has 0 heterocycles. The Labute approximate surface area is 120 Å². The normalized spacial score (nSPS) is 13.7. The summed E-state index contributed by atoms with van der Waals surface area (Å²) in [6, 6.07) is 17.7. The predicted octanol–water partition coefficient (Wildman–Crippen LogP) is 2.74. The summed E-state index contributed by atoms with van der Waals surface area (Å²) in [6.45, 7) is 2.36. The van der Waals surface area contributed by atoms with Gasteiger partial charge in [0, 0.05) is 0 Å². The number of hydrogen-bond donors (Lipinski definition) is 2. The van der Waals surface area contributed by atoms with Gasteiger partial charge < -0.3 is 0 Å². The van der Waals surface area contributed by atoms with Crippen LogP contribution in [0.15, 0.2) is 60.7 Å². The topological polar surface area (TPSA) is 49.7 Å². The van der Waals surface area contributed by atoms with Crippen LogP contribution in [0.2, 0.25) is 0 Å². The van der Waals surface area contributed by atoms with Gasteiger partial charge in [0.05, 0.1) is 0 Å². The first-order chi connectivity index (χ1) is 9.57. The zero-order chi connectivity index (χ0) is 14.5. The van der Waals surface area contributed by atoms with Gasteiger partial charge in [0.15, 0.2) is 0 Å². The molecule has 0 aliphatic rings. The molecule has 0 aliphatic heterocycles. The first-order valence-electron chi connectivity index (χ1n) is 6.85. The molecule has 0 saturated carbocycles. The molecular formula is C16H21O3P. The molecule has 0 unspecified atom stereocenters. The monoisotopic (exact) mass is 292 g/mol. The van der Waals surface area contributed by atoms with E-state index in [9.17, 15) is 9.79 Å². The molecule has 0 amide bonds. The fraction of sp³-hybridized carbons (Fsp3) is 0.250. The minimum atomic E-state index is -4.53. The molecule has 0 bridgehead atoms. The maximum absolute atomic E-state index is 11.1. The van der Waals surface area contributed by atoms with E-state index in [1.54, 1.807) is 48.5 Å². The molecule has 0 aliphatic carbocycles. The molecule has 4 heteroatoms. The van der Waals surface area contributed by atoms with Gasteiger partial charge in [-0.15, -0.1) is 0 Å². The molecule has 108 valence electrons. The van der Waals surface area contributed by atoms with E-state index in [1.807, 2.05) is 19.1 Å². The van der Waals surface area contributed by atoms with E-state index in [4.69, 9.17) is 4.52 Å². The standard InChI is InChI=1S/C16H21O3P/c1-2-3-14-19-20(17,18,15-10-6-4-7-11-15)16-12-8-5-9-13-16/h4-13,17-18H,2-3,14H2,1H3. The van der Waals surface area contributed by atoms with Crippen molar-refractivity contribution in [3.05, 3.63) is 60.7 Å². The summed E-state index contributed by atoms with van der Waals surface area (Å²) in [4.78, 5) is 22.2. The van der Waals surface area contributed by atoms with Crippen molar-refractivity contribution in [3.63, 3.8) is 0 Å². The second-order valence-corrected chi connectivity index (χ2v) is 7.99. The molecule has 0 fully saturated rings. The molecule has 3 nitrogen and oxygen atoms in total. The SMILES string of the molecule is CCCCOP(O)(O)(c1ccccc1)c1ccccc1. The summed E-state index contributed by atoms with van der Waals surface area (Å²) < 4.78 is 5.67. The molecular weight excluding hydrogens is 271 g/mol. The maximum atomic E-state index is 11.1. The van der Waals surface area contributed by atoms with E-state index in [-0.39, 0.29) is 0 Å². The van der Waals surface area contributed by atoms with Crippen LogP contribution in [0.5, 0.6) is 0 Å². The van der Waals surface area contributed by atoms with E-state index >= 15 is 0 Å². The van der Waals surface area contributed by atoms with E-state index in [0.29, 0.717) is 17.2 Å². The van der Waals surface area contributed by atoms with Gasteiger partial charge in [0.2, 0.25) is 0 Å². The van der Waals surface area contributed by atoms with Gasteiger partial charge in [0.25, 0.3) is 0 Å². The second-order valence-electron chi connectivity index (χ2n) is 4.80. The Morgan fingerprint density at radius 1 is 0.850 bits per heavy atom. The zero-order valence-electron chi connectivity index (χ0n) is 11.6. The first-order valence-corrected chi connectivity index (χ1v) is 8.91. The van der Waals surface area contributed by atoms with Gasteiger partial charge >= 0.3 is 119 Å². The third kappa shape index (κ3) is 2.92. The van der Waals surface area contributed by atoms with E-state index in [2.05, 4.69) is 0 Å². The van der Waals surface area contributed by atoms with E-state index in [1.165, 1.54) is 0 Å². The van der Waals surface area contributed by atoms with E-state index < -0.39 is 7.28 Å². The molecule has 0 radical (unpaired) electrons. The summed E-state index contributed by atoms with van der Waals surface area (Å²) >= 11 is 0. The molecule has 0 saturated heterocycles. The molecule has 2 N–H and O–H groups in total. The van der Waals surface area contributed by atoms with Gasteiger partial charge in [-0.1, -0.05) is 0 Å². The molecule has 0 spiro atoms. The van der Waals surface area contributed by atoms with Crippen molar-refractivity contribution >= 4 is 17.9 Å². The third-order valence-corrected chi connectivity index (χ3v) is 6.41. The second kappa shape index (κ2) is 6.02. The molecule has 2 aromatic carbocycles. The molecule has 20 heavy (non-hydrogen) atoms. The van der Waals surface area contributed by atoms with Crippen LogP contribution < -0.4 is 10.6 Å². The molecule has 0 aromatic heterocycles. The zero-order valence-corrected chi connectivity index (χ0v) is 12.5. The quantitative estimate of drug-likeness (QED) is 0.636. The van der Waals surface area contributed by atoms with Crippen molar-refractivity contribution in [2.45, 2.75) is 19.8 Å². The minimum absolute atomic E-state index is 0.325. The average Bonchev–Trinajstić information content (AvgIpc) is 2.50. The number of rotatable bonds is 6. The van der Waals surface area contributed by atoms with Crippen molar-refractivity contribution in [1.82, 2.24) is 0 Å². The van der Waals surface area contributed by atoms with Crippen LogP contribution in [-0.2, 0) is 4.52 Å². The van der Waals surface area contributed by atoms with Gasteiger partial charge in [-0.3, -0.25) is 0 Å². The Kier molecular flexibility index (Phi) is 4.56. The first kappa shape index (κ1) is 15.1. The summed E-state index contributed by atoms with van der Waals surface area (Å²) in [5.74, 6) is 0. The average molecular weight is 292 g/mol. The summed E-state index contributed by atoms with van der Waals surface area (Å²) in [6.07, 6.45) is 1.73. The number of benzene rings is 2. The number of hydrogen-bond acceptors (Lipinski definition) is 3. The van der Waals surface area contributed by atoms with Crippen LogP contribution in [0.1, 0.15) is 19.8 Å².